The third-order valence-electron chi connectivity index (χ3n) is 3.23. The Balaban J connectivity index is 1.96. The highest BCUT2D eigenvalue weighted by molar-refractivity contribution is 5.97. The number of piperazine rings is 1. The van der Waals surface area contributed by atoms with E-state index < -0.39 is 0 Å². The second kappa shape index (κ2) is 7.13. The zero-order chi connectivity index (χ0) is 15.2. The number of carbonyl (C=O) groups excluding carboxylic acids is 2. The third-order valence-corrected chi connectivity index (χ3v) is 3.23. The van der Waals surface area contributed by atoms with Crippen LogP contribution in [-0.2, 0) is 9.63 Å². The van der Waals surface area contributed by atoms with Crippen LogP contribution in [0.5, 0.6) is 0 Å². The molecule has 1 aliphatic rings. The summed E-state index contributed by atoms with van der Waals surface area (Å²) in [6, 6.07) is 5.45. The minimum absolute atomic E-state index is 0.106. The molecular weight excluding hydrogens is 275 g/mol. The van der Waals surface area contributed by atoms with Crippen molar-refractivity contribution in [3.63, 3.8) is 0 Å². The molecule has 0 unspecified atom stereocenters. The molecule has 1 aliphatic heterocycles. The van der Waals surface area contributed by atoms with Crippen molar-refractivity contribution in [1.29, 1.82) is 0 Å². The molecule has 0 saturated carbocycles. The van der Waals surface area contributed by atoms with Crippen molar-refractivity contribution in [3.8, 4) is 0 Å². The van der Waals surface area contributed by atoms with Gasteiger partial charge >= 0.3 is 0 Å². The molecule has 0 spiro atoms. The Hall–Kier alpha value is -2.01. The monoisotopic (exact) mass is 292 g/mol. The Labute approximate surface area is 122 Å². The molecule has 2 rings (SSSR count). The van der Waals surface area contributed by atoms with Crippen LogP contribution in [0.3, 0.4) is 0 Å². The summed E-state index contributed by atoms with van der Waals surface area (Å²) in [6.45, 7) is 3.92. The van der Waals surface area contributed by atoms with Crippen LogP contribution in [0.4, 0.5) is 4.39 Å². The lowest BCUT2D eigenvalue weighted by Gasteiger charge is -2.34. The molecule has 5 nitrogen and oxygen atoms in total. The first-order valence-electron chi connectivity index (χ1n) is 6.79. The molecule has 0 radical (unpaired) electrons. The van der Waals surface area contributed by atoms with E-state index >= 15 is 0 Å². The van der Waals surface area contributed by atoms with E-state index in [2.05, 4.69) is 0 Å². The molecule has 0 aromatic heterocycles. The van der Waals surface area contributed by atoms with Gasteiger partial charge in [0.2, 0.25) is 0 Å². The zero-order valence-corrected chi connectivity index (χ0v) is 11.8. The fourth-order valence-electron chi connectivity index (χ4n) is 2.18. The summed E-state index contributed by atoms with van der Waals surface area (Å²) in [5.74, 6) is 1.38. The second-order valence-corrected chi connectivity index (χ2v) is 4.71. The molecule has 0 bridgehead atoms. The number of benzene rings is 1. The number of carbonyl (C=O) groups is 1. The van der Waals surface area contributed by atoms with Crippen LogP contribution in [0.25, 0.3) is 0 Å². The number of rotatable bonds is 5. The van der Waals surface area contributed by atoms with Crippen molar-refractivity contribution in [1.82, 2.24) is 9.96 Å². The Morgan fingerprint density at radius 1 is 1.33 bits per heavy atom. The van der Waals surface area contributed by atoms with Crippen molar-refractivity contribution in [2.75, 3.05) is 32.8 Å². The molecular formula is C15H17FN2O3. The molecule has 0 aliphatic carbocycles. The van der Waals surface area contributed by atoms with Crippen LogP contribution >= 0.6 is 0 Å². The van der Waals surface area contributed by atoms with E-state index in [0.717, 1.165) is 0 Å². The molecule has 21 heavy (non-hydrogen) atoms. The molecule has 6 heteroatoms. The van der Waals surface area contributed by atoms with Gasteiger partial charge < -0.3 is 0 Å². The first-order valence-corrected chi connectivity index (χ1v) is 6.79. The molecule has 1 saturated heterocycles. The Bertz CT molecular complexity index is 553. The first-order chi connectivity index (χ1) is 10.1. The highest BCUT2D eigenvalue weighted by Crippen LogP contribution is 2.12. The maximum atomic E-state index is 12.8. The van der Waals surface area contributed by atoms with Gasteiger partial charge in [-0.2, -0.15) is 0 Å². The molecule has 1 fully saturated rings. The number of ketones is 1. The smallest absolute Gasteiger partial charge is 0.176 e. The van der Waals surface area contributed by atoms with Crippen LogP contribution in [0, 0.1) is 5.82 Å². The predicted molar refractivity (Wildman–Crippen MR) is 74.7 cm³/mol. The summed E-state index contributed by atoms with van der Waals surface area (Å²) >= 11 is 0. The normalized spacial score (nSPS) is 15.9. The summed E-state index contributed by atoms with van der Waals surface area (Å²) in [5.41, 5.74) is 0.843. The van der Waals surface area contributed by atoms with Gasteiger partial charge in [0.25, 0.3) is 0 Å². The van der Waals surface area contributed by atoms with Gasteiger partial charge in [-0.15, -0.1) is 0 Å². The average molecular weight is 292 g/mol. The van der Waals surface area contributed by atoms with Gasteiger partial charge in [-0.25, -0.2) is 14.2 Å². The maximum Gasteiger partial charge on any atom is 0.176 e. The summed E-state index contributed by atoms with van der Waals surface area (Å²) in [7, 11) is 0. The lowest BCUT2D eigenvalue weighted by Crippen LogP contribution is -2.46. The number of nitrogens with zero attached hydrogens (tertiary/aromatic N) is 2. The molecule has 0 atom stereocenters. The van der Waals surface area contributed by atoms with Crippen LogP contribution < -0.4 is 0 Å². The summed E-state index contributed by atoms with van der Waals surface area (Å²) < 4.78 is 12.8. The van der Waals surface area contributed by atoms with E-state index in [9.17, 15) is 14.0 Å². The zero-order valence-electron chi connectivity index (χ0n) is 11.8. The van der Waals surface area contributed by atoms with E-state index in [-0.39, 0.29) is 18.1 Å². The molecule has 112 valence electrons. The van der Waals surface area contributed by atoms with Crippen molar-refractivity contribution in [2.24, 2.45) is 0 Å². The van der Waals surface area contributed by atoms with Crippen LogP contribution in [0.2, 0.25) is 0 Å². The largest absolute Gasteiger partial charge is 0.293 e. The van der Waals surface area contributed by atoms with Crippen LogP contribution in [0.1, 0.15) is 17.3 Å². The minimum Gasteiger partial charge on any atom is -0.293 e. The lowest BCUT2D eigenvalue weighted by atomic mass is 10.1. The number of hydrogen-bond acceptors (Lipinski definition) is 5. The van der Waals surface area contributed by atoms with Gasteiger partial charge in [-0.1, -0.05) is 0 Å². The van der Waals surface area contributed by atoms with Gasteiger partial charge in [0.1, 0.15) is 17.5 Å². The fourth-order valence-corrected chi connectivity index (χ4v) is 2.18. The van der Waals surface area contributed by atoms with E-state index in [1.807, 2.05) is 17.8 Å². The van der Waals surface area contributed by atoms with Crippen LogP contribution in [-0.4, -0.2) is 54.5 Å². The highest BCUT2D eigenvalue weighted by atomic mass is 19.1. The standard InChI is InChI=1S/C15H17FN2O3/c1-2-21-18-8-7-17(9-14(18)11-19)10-15(20)12-3-5-13(16)6-4-12/h3-6H,2,7-10H2,1H3. The maximum absolute atomic E-state index is 12.8. The average Bonchev–Trinajstić information content (AvgIpc) is 2.49. The Kier molecular flexibility index (Phi) is 5.22. The molecule has 1 heterocycles. The van der Waals surface area contributed by atoms with Gasteiger partial charge in [-0.3, -0.25) is 14.5 Å². The number of hydroxylamine groups is 2. The van der Waals surface area contributed by atoms with Crippen molar-refractivity contribution in [2.45, 2.75) is 6.92 Å². The third kappa shape index (κ3) is 3.98. The van der Waals surface area contributed by atoms with E-state index in [0.29, 0.717) is 37.5 Å². The lowest BCUT2D eigenvalue weighted by molar-refractivity contribution is -0.141. The quantitative estimate of drug-likeness (QED) is 0.604. The van der Waals surface area contributed by atoms with Crippen molar-refractivity contribution in [3.05, 3.63) is 41.3 Å². The SMILES string of the molecule is CCON1CCN(CC(=O)c2ccc(F)cc2)CC1=C=O. The van der Waals surface area contributed by atoms with Crippen LogP contribution in [0.15, 0.2) is 30.0 Å². The summed E-state index contributed by atoms with van der Waals surface area (Å²) in [6.07, 6.45) is 0. The van der Waals surface area contributed by atoms with Crippen molar-refractivity contribution >= 4 is 11.7 Å². The Morgan fingerprint density at radius 2 is 2.05 bits per heavy atom. The number of hydrogen-bond donors (Lipinski definition) is 0. The van der Waals surface area contributed by atoms with Crippen molar-refractivity contribution < 1.29 is 18.8 Å². The number of halogens is 1. The van der Waals surface area contributed by atoms with E-state index in [1.165, 1.54) is 29.3 Å². The topological polar surface area (TPSA) is 49.9 Å². The molecule has 1 aromatic carbocycles. The molecule has 0 N–H and O–H groups in total. The fraction of sp³-hybridized carbons (Fsp3) is 0.400. The highest BCUT2D eigenvalue weighted by Gasteiger charge is 2.24. The van der Waals surface area contributed by atoms with E-state index in [1.54, 1.807) is 0 Å². The Morgan fingerprint density at radius 3 is 2.67 bits per heavy atom. The molecule has 0 amide bonds. The van der Waals surface area contributed by atoms with Gasteiger partial charge in [0.05, 0.1) is 26.2 Å². The minimum atomic E-state index is -0.372. The molecule has 1 aromatic rings. The van der Waals surface area contributed by atoms with E-state index in [4.69, 9.17) is 4.84 Å². The predicted octanol–water partition coefficient (Wildman–Crippen LogP) is 1.29. The second-order valence-electron chi connectivity index (χ2n) is 4.71. The van der Waals surface area contributed by atoms with Gasteiger partial charge in [0.15, 0.2) is 5.78 Å². The summed E-state index contributed by atoms with van der Waals surface area (Å²) in [4.78, 5) is 30.2. The van der Waals surface area contributed by atoms with Gasteiger partial charge in [0, 0.05) is 12.1 Å². The first kappa shape index (κ1) is 15.4. The van der Waals surface area contributed by atoms with Gasteiger partial charge in [-0.05, 0) is 31.2 Å². The number of Topliss-reactive ketones (excluding diaryl/α,β-unsaturated/α-hetero) is 1. The summed E-state index contributed by atoms with van der Waals surface area (Å²) in [5, 5.41) is 1.52.